The van der Waals surface area contributed by atoms with Gasteiger partial charge in [0.2, 0.25) is 5.91 Å². The first-order valence-corrected chi connectivity index (χ1v) is 7.45. The molecule has 3 amide bonds. The molecule has 1 aliphatic heterocycles. The highest BCUT2D eigenvalue weighted by molar-refractivity contribution is 6.35. The lowest BCUT2D eigenvalue weighted by Gasteiger charge is -2.36. The quantitative estimate of drug-likeness (QED) is 0.863. The van der Waals surface area contributed by atoms with Gasteiger partial charge in [-0.25, -0.2) is 9.69 Å². The lowest BCUT2D eigenvalue weighted by Crippen LogP contribution is -2.60. The Bertz CT molecular complexity index is 546. The molecule has 0 aromatic heterocycles. The Morgan fingerprint density at radius 1 is 1.10 bits per heavy atom. The first-order valence-electron chi connectivity index (χ1n) is 7.07. The van der Waals surface area contributed by atoms with Crippen molar-refractivity contribution >= 4 is 29.2 Å². The average Bonchev–Trinajstić information content (AvgIpc) is 2.66. The van der Waals surface area contributed by atoms with Crippen LogP contribution < -0.4 is 10.2 Å². The number of nitrogens with zero attached hydrogens (tertiary/aromatic N) is 1. The Kier molecular flexibility index (Phi) is 3.66. The third-order valence-electron chi connectivity index (χ3n) is 4.16. The van der Waals surface area contributed by atoms with Crippen LogP contribution in [0.1, 0.15) is 32.1 Å². The summed E-state index contributed by atoms with van der Waals surface area (Å²) in [4.78, 5) is 26.1. The van der Waals surface area contributed by atoms with Gasteiger partial charge in [0.05, 0.1) is 16.6 Å². The van der Waals surface area contributed by atoms with Crippen molar-refractivity contribution in [2.75, 3.05) is 4.90 Å². The number of para-hydroxylation sites is 1. The lowest BCUT2D eigenvalue weighted by atomic mass is 9.91. The van der Waals surface area contributed by atoms with Crippen molar-refractivity contribution in [2.45, 2.75) is 38.1 Å². The van der Waals surface area contributed by atoms with Gasteiger partial charge in [-0.05, 0) is 25.0 Å². The van der Waals surface area contributed by atoms with E-state index in [4.69, 9.17) is 11.6 Å². The molecule has 2 aliphatic rings. The average molecular weight is 293 g/mol. The number of benzene rings is 1. The van der Waals surface area contributed by atoms with Gasteiger partial charge in [-0.2, -0.15) is 0 Å². The number of amides is 3. The Labute approximate surface area is 123 Å². The van der Waals surface area contributed by atoms with E-state index in [2.05, 4.69) is 5.32 Å². The van der Waals surface area contributed by atoms with E-state index in [0.717, 1.165) is 32.1 Å². The number of nitrogens with one attached hydrogen (secondary N) is 1. The van der Waals surface area contributed by atoms with Gasteiger partial charge in [0.25, 0.3) is 0 Å². The van der Waals surface area contributed by atoms with Gasteiger partial charge in [0.15, 0.2) is 0 Å². The van der Waals surface area contributed by atoms with Crippen LogP contribution >= 0.6 is 11.6 Å². The van der Waals surface area contributed by atoms with Crippen molar-refractivity contribution in [1.29, 1.82) is 0 Å². The van der Waals surface area contributed by atoms with Crippen LogP contribution in [0.15, 0.2) is 24.3 Å². The van der Waals surface area contributed by atoms with Crippen molar-refractivity contribution in [3.8, 4) is 0 Å². The zero-order valence-electron chi connectivity index (χ0n) is 11.1. The molecule has 5 heteroatoms. The van der Waals surface area contributed by atoms with Gasteiger partial charge in [-0.15, -0.1) is 0 Å². The molecule has 1 aliphatic carbocycles. The van der Waals surface area contributed by atoms with E-state index in [1.807, 2.05) is 0 Å². The van der Waals surface area contributed by atoms with E-state index < -0.39 is 0 Å². The zero-order chi connectivity index (χ0) is 14.1. The van der Waals surface area contributed by atoms with Gasteiger partial charge in [-0.3, -0.25) is 4.79 Å². The van der Waals surface area contributed by atoms with Crippen LogP contribution in [-0.2, 0) is 4.79 Å². The monoisotopic (exact) mass is 292 g/mol. The summed E-state index contributed by atoms with van der Waals surface area (Å²) in [5.41, 5.74) is 0.472. The Morgan fingerprint density at radius 2 is 1.85 bits per heavy atom. The summed E-state index contributed by atoms with van der Waals surface area (Å²) >= 11 is 6.12. The van der Waals surface area contributed by atoms with E-state index in [1.54, 1.807) is 24.3 Å². The molecular formula is C15H17ClN2O2. The first kappa shape index (κ1) is 13.4. The molecule has 1 aromatic carbocycles. The number of fused-ring (bicyclic) bond motifs is 1. The van der Waals surface area contributed by atoms with Crippen LogP contribution in [0.2, 0.25) is 5.02 Å². The third kappa shape index (κ3) is 2.29. The largest absolute Gasteiger partial charge is 0.334 e. The number of carbonyl (C=O) groups is 2. The normalized spacial score (nSPS) is 26.8. The molecule has 20 heavy (non-hydrogen) atoms. The summed E-state index contributed by atoms with van der Waals surface area (Å²) in [5, 5.41) is 3.39. The summed E-state index contributed by atoms with van der Waals surface area (Å²) in [6.45, 7) is 0. The molecule has 1 saturated carbocycles. The molecule has 1 N–H and O–H groups in total. The van der Waals surface area contributed by atoms with E-state index >= 15 is 0 Å². The number of urea groups is 1. The van der Waals surface area contributed by atoms with Crippen molar-refractivity contribution in [2.24, 2.45) is 5.92 Å². The summed E-state index contributed by atoms with van der Waals surface area (Å²) in [6, 6.07) is 6.59. The van der Waals surface area contributed by atoms with Gasteiger partial charge in [0, 0.05) is 6.04 Å². The highest BCUT2D eigenvalue weighted by Crippen LogP contribution is 2.33. The van der Waals surface area contributed by atoms with Crippen LogP contribution in [0.5, 0.6) is 0 Å². The summed E-state index contributed by atoms with van der Waals surface area (Å²) in [7, 11) is 0. The fourth-order valence-electron chi connectivity index (χ4n) is 3.13. The highest BCUT2D eigenvalue weighted by Gasteiger charge is 2.42. The summed E-state index contributed by atoms with van der Waals surface area (Å²) in [6.07, 6.45) is 4.96. The molecular weight excluding hydrogens is 276 g/mol. The number of carbonyl (C=O) groups excluding carboxylic acids is 2. The van der Waals surface area contributed by atoms with Crippen molar-refractivity contribution < 1.29 is 9.59 Å². The van der Waals surface area contributed by atoms with Crippen LogP contribution in [0.25, 0.3) is 0 Å². The highest BCUT2D eigenvalue weighted by atomic mass is 35.5. The van der Waals surface area contributed by atoms with Crippen molar-refractivity contribution in [1.82, 2.24) is 5.32 Å². The van der Waals surface area contributed by atoms with Crippen LogP contribution in [0, 0.1) is 5.92 Å². The topological polar surface area (TPSA) is 49.4 Å². The van der Waals surface area contributed by atoms with Gasteiger partial charge in [-0.1, -0.05) is 43.0 Å². The van der Waals surface area contributed by atoms with Crippen LogP contribution in [-0.4, -0.2) is 18.0 Å². The summed E-state index contributed by atoms with van der Waals surface area (Å²) < 4.78 is 0. The second kappa shape index (κ2) is 5.44. The van der Waals surface area contributed by atoms with Crippen molar-refractivity contribution in [3.63, 3.8) is 0 Å². The molecule has 106 valence electrons. The zero-order valence-corrected chi connectivity index (χ0v) is 11.9. The second-order valence-electron chi connectivity index (χ2n) is 5.43. The molecule has 2 unspecified atom stereocenters. The molecule has 1 aromatic rings. The van der Waals surface area contributed by atoms with Crippen molar-refractivity contribution in [3.05, 3.63) is 29.3 Å². The smallest absolute Gasteiger partial charge is 0.329 e. The maximum absolute atomic E-state index is 12.7. The van der Waals surface area contributed by atoms with Gasteiger partial charge < -0.3 is 5.32 Å². The van der Waals surface area contributed by atoms with E-state index in [0.29, 0.717) is 10.7 Å². The molecule has 2 fully saturated rings. The van der Waals surface area contributed by atoms with Gasteiger partial charge >= 0.3 is 6.03 Å². The molecule has 1 heterocycles. The lowest BCUT2D eigenvalue weighted by molar-refractivity contribution is -0.123. The van der Waals surface area contributed by atoms with E-state index in [-0.39, 0.29) is 23.9 Å². The summed E-state index contributed by atoms with van der Waals surface area (Å²) in [5.74, 6) is -0.236. The third-order valence-corrected chi connectivity index (χ3v) is 4.48. The number of halogens is 1. The van der Waals surface area contributed by atoms with Crippen LogP contribution in [0.4, 0.5) is 10.5 Å². The maximum atomic E-state index is 12.7. The van der Waals surface area contributed by atoms with Gasteiger partial charge in [0.1, 0.15) is 0 Å². The second-order valence-corrected chi connectivity index (χ2v) is 5.83. The molecule has 3 rings (SSSR count). The minimum Gasteiger partial charge on any atom is -0.334 e. The molecule has 4 nitrogen and oxygen atoms in total. The molecule has 2 atom stereocenters. The fourth-order valence-corrected chi connectivity index (χ4v) is 3.35. The predicted molar refractivity (Wildman–Crippen MR) is 77.8 cm³/mol. The van der Waals surface area contributed by atoms with Crippen LogP contribution in [0.3, 0.4) is 0 Å². The number of hydrogen-bond donors (Lipinski definition) is 1. The molecule has 0 radical (unpaired) electrons. The van der Waals surface area contributed by atoms with E-state index in [9.17, 15) is 9.59 Å². The maximum Gasteiger partial charge on any atom is 0.329 e. The molecule has 0 bridgehead atoms. The predicted octanol–water partition coefficient (Wildman–Crippen LogP) is 3.35. The fraction of sp³-hybridized carbons (Fsp3) is 0.467. The number of rotatable bonds is 1. The first-order chi connectivity index (χ1) is 9.68. The van der Waals surface area contributed by atoms with E-state index in [1.165, 1.54) is 4.90 Å². The number of hydrogen-bond acceptors (Lipinski definition) is 2. The standard InChI is InChI=1S/C15H17ClN2O2/c16-11-7-4-5-9-13(11)18-14(19)10-6-2-1-3-8-12(10)17-15(18)20/h4-5,7,9-10,12H,1-3,6,8H2,(H,17,20). The number of anilines is 1. The Balaban J connectivity index is 1.94. The molecule has 0 spiro atoms. The Hall–Kier alpha value is -1.55. The SMILES string of the molecule is O=C1NC2CCCCCC2C(=O)N1c1ccccc1Cl. The minimum atomic E-state index is -0.355. The Morgan fingerprint density at radius 3 is 2.65 bits per heavy atom. The molecule has 1 saturated heterocycles. The minimum absolute atomic E-state index is 0.0174. The number of imide groups is 1.